The molecule has 0 N–H and O–H groups in total. The molecule has 2 rings (SSSR count). The minimum atomic E-state index is -0.422. The predicted molar refractivity (Wildman–Crippen MR) is 265 cm³/mol. The highest BCUT2D eigenvalue weighted by atomic mass is 16.5. The Morgan fingerprint density at radius 1 is 0.339 bits per heavy atom. The molecule has 2 aromatic rings. The van der Waals surface area contributed by atoms with Crippen molar-refractivity contribution in [2.45, 2.75) is 269 Å². The molecule has 0 spiro atoms. The first-order valence-electron chi connectivity index (χ1n) is 26.2. The van der Waals surface area contributed by atoms with Crippen molar-refractivity contribution in [1.82, 2.24) is 0 Å². The average molecular weight is 811 g/mol. The maximum Gasteiger partial charge on any atom is 0.0912 e. The van der Waals surface area contributed by atoms with Gasteiger partial charge in [0.2, 0.25) is 0 Å². The fraction of sp³-hybridized carbons (Fsp3) is 0.724. The van der Waals surface area contributed by atoms with Crippen LogP contribution in [0.25, 0.3) is 0 Å². The number of unbranched alkanes of at least 4 members (excludes halogenated alkanes) is 32. The van der Waals surface area contributed by atoms with Gasteiger partial charge in [0.15, 0.2) is 0 Å². The summed E-state index contributed by atoms with van der Waals surface area (Å²) < 4.78 is 7.55. The van der Waals surface area contributed by atoms with E-state index in [1.807, 2.05) is 0 Å². The maximum atomic E-state index is 7.55. The number of benzene rings is 2. The molecule has 0 aliphatic carbocycles. The fourth-order valence-electron chi connectivity index (χ4n) is 9.37. The second-order valence-electron chi connectivity index (χ2n) is 18.8. The Labute approximate surface area is 369 Å². The van der Waals surface area contributed by atoms with Crippen LogP contribution in [0.3, 0.4) is 0 Å². The maximum absolute atomic E-state index is 7.55. The van der Waals surface area contributed by atoms with E-state index in [1.165, 1.54) is 229 Å². The SMILES string of the molecule is C=CC(CCCCCCCCCCCCCCCCCCC)(Cc1ccccc1)OC(C=C)(CCCCCCCCCCCCCCCCCCC)Cc1ccccc1. The Kier molecular flexibility index (Phi) is 33.8. The van der Waals surface area contributed by atoms with Crippen molar-refractivity contribution in [1.29, 1.82) is 0 Å². The van der Waals surface area contributed by atoms with Gasteiger partial charge < -0.3 is 4.74 Å². The minimum absolute atomic E-state index is 0.422. The Morgan fingerprint density at radius 2 is 0.559 bits per heavy atom. The van der Waals surface area contributed by atoms with Crippen LogP contribution in [0.5, 0.6) is 0 Å². The molecule has 1 nitrogen and oxygen atoms in total. The highest BCUT2D eigenvalue weighted by molar-refractivity contribution is 5.23. The summed E-state index contributed by atoms with van der Waals surface area (Å²) in [6.45, 7) is 13.6. The molecule has 1 heteroatoms. The van der Waals surface area contributed by atoms with Gasteiger partial charge in [-0.15, -0.1) is 13.2 Å². The summed E-state index contributed by atoms with van der Waals surface area (Å²) in [6, 6.07) is 22.0. The van der Waals surface area contributed by atoms with Crippen molar-refractivity contribution in [3.63, 3.8) is 0 Å². The van der Waals surface area contributed by atoms with E-state index in [0.29, 0.717) is 0 Å². The van der Waals surface area contributed by atoms with Crippen LogP contribution in [0.15, 0.2) is 86.0 Å². The van der Waals surface area contributed by atoms with E-state index in [0.717, 1.165) is 25.7 Å². The molecule has 0 bridgehead atoms. The Morgan fingerprint density at radius 3 is 0.780 bits per heavy atom. The zero-order valence-electron chi connectivity index (χ0n) is 39.6. The monoisotopic (exact) mass is 811 g/mol. The lowest BCUT2D eigenvalue weighted by Crippen LogP contribution is -2.45. The molecule has 0 heterocycles. The molecule has 2 unspecified atom stereocenters. The van der Waals surface area contributed by atoms with Crippen LogP contribution in [0.1, 0.15) is 256 Å². The van der Waals surface area contributed by atoms with Crippen LogP contribution in [0.4, 0.5) is 0 Å². The molecular formula is C58H98O. The van der Waals surface area contributed by atoms with E-state index in [-0.39, 0.29) is 0 Å². The van der Waals surface area contributed by atoms with Crippen LogP contribution in [-0.4, -0.2) is 11.2 Å². The topological polar surface area (TPSA) is 9.23 Å². The quantitative estimate of drug-likeness (QED) is 0.0478. The third kappa shape index (κ3) is 28.2. The van der Waals surface area contributed by atoms with E-state index in [1.54, 1.807) is 0 Å². The number of rotatable bonds is 44. The van der Waals surface area contributed by atoms with Gasteiger partial charge in [0.1, 0.15) is 0 Å². The van der Waals surface area contributed by atoms with Gasteiger partial charge >= 0.3 is 0 Å². The van der Waals surface area contributed by atoms with Crippen LogP contribution in [0.2, 0.25) is 0 Å². The Hall–Kier alpha value is -2.12. The molecule has 0 aromatic heterocycles. The van der Waals surface area contributed by atoms with Crippen LogP contribution in [-0.2, 0) is 17.6 Å². The molecule has 0 fully saturated rings. The highest BCUT2D eigenvalue weighted by Gasteiger charge is 2.38. The van der Waals surface area contributed by atoms with Crippen LogP contribution >= 0.6 is 0 Å². The Balaban J connectivity index is 1.80. The van der Waals surface area contributed by atoms with Gasteiger partial charge in [-0.1, -0.05) is 305 Å². The molecule has 0 saturated carbocycles. The molecule has 0 aliphatic rings. The summed E-state index contributed by atoms with van der Waals surface area (Å²) in [5, 5.41) is 0. The molecule has 0 amide bonds. The standard InChI is InChI=1S/C58H98O/c1-5-9-11-13-15-17-19-21-23-25-27-29-31-33-35-37-45-51-57(7-3,53-55-47-41-39-42-48-55)59-58(8-4,54-56-49-43-40-44-50-56)52-46-38-36-34-32-30-28-26-24-22-20-18-16-14-12-10-6-2/h7-8,39-44,47-50H,3-6,9-38,45-46,51-54H2,1-2H3. The molecule has 336 valence electrons. The van der Waals surface area contributed by atoms with Gasteiger partial charge in [0.25, 0.3) is 0 Å². The summed E-state index contributed by atoms with van der Waals surface area (Å²) in [7, 11) is 0. The molecule has 0 aliphatic heterocycles. The van der Waals surface area contributed by atoms with E-state index in [9.17, 15) is 0 Å². The molecule has 59 heavy (non-hydrogen) atoms. The van der Waals surface area contributed by atoms with Gasteiger partial charge in [-0.2, -0.15) is 0 Å². The van der Waals surface area contributed by atoms with Crippen molar-refractivity contribution in [3.8, 4) is 0 Å². The van der Waals surface area contributed by atoms with Gasteiger partial charge in [-0.25, -0.2) is 0 Å². The molecule has 2 aromatic carbocycles. The minimum Gasteiger partial charge on any atom is -0.360 e. The zero-order valence-corrected chi connectivity index (χ0v) is 39.6. The first-order valence-corrected chi connectivity index (χ1v) is 26.2. The second kappa shape index (κ2) is 37.6. The van der Waals surface area contributed by atoms with Crippen LogP contribution in [0, 0.1) is 0 Å². The molecular weight excluding hydrogens is 713 g/mol. The summed E-state index contributed by atoms with van der Waals surface area (Å²) in [6.07, 6.45) is 55.4. The van der Waals surface area contributed by atoms with Crippen molar-refractivity contribution in [2.75, 3.05) is 0 Å². The summed E-state index contributed by atoms with van der Waals surface area (Å²) in [4.78, 5) is 0. The van der Waals surface area contributed by atoms with E-state index >= 15 is 0 Å². The third-order valence-electron chi connectivity index (χ3n) is 13.2. The lowest BCUT2D eigenvalue weighted by Gasteiger charge is -2.42. The number of hydrogen-bond donors (Lipinski definition) is 0. The molecule has 2 atom stereocenters. The largest absolute Gasteiger partial charge is 0.360 e. The normalized spacial score (nSPS) is 13.6. The predicted octanol–water partition coefficient (Wildman–Crippen LogP) is 19.4. The second-order valence-corrected chi connectivity index (χ2v) is 18.8. The van der Waals surface area contributed by atoms with Crippen molar-refractivity contribution >= 4 is 0 Å². The fourth-order valence-corrected chi connectivity index (χ4v) is 9.37. The van der Waals surface area contributed by atoms with Gasteiger partial charge in [-0.3, -0.25) is 0 Å². The first-order chi connectivity index (χ1) is 29.1. The summed E-state index contributed by atoms with van der Waals surface area (Å²) >= 11 is 0. The van der Waals surface area contributed by atoms with Crippen LogP contribution < -0.4 is 0 Å². The van der Waals surface area contributed by atoms with E-state index in [4.69, 9.17) is 4.74 Å². The van der Waals surface area contributed by atoms with E-state index in [2.05, 4.69) is 99.8 Å². The van der Waals surface area contributed by atoms with Crippen molar-refractivity contribution < 1.29 is 4.74 Å². The highest BCUT2D eigenvalue weighted by Crippen LogP contribution is 2.37. The lowest BCUT2D eigenvalue weighted by molar-refractivity contribution is -0.116. The lowest BCUT2D eigenvalue weighted by atomic mass is 9.84. The smallest absolute Gasteiger partial charge is 0.0912 e. The third-order valence-corrected chi connectivity index (χ3v) is 13.2. The number of ether oxygens (including phenoxy) is 1. The zero-order chi connectivity index (χ0) is 42.2. The van der Waals surface area contributed by atoms with Gasteiger partial charge in [0, 0.05) is 12.8 Å². The van der Waals surface area contributed by atoms with Gasteiger partial charge in [0.05, 0.1) is 11.2 Å². The summed E-state index contributed by atoms with van der Waals surface area (Å²) in [5.41, 5.74) is 1.81. The first kappa shape index (κ1) is 53.0. The van der Waals surface area contributed by atoms with Gasteiger partial charge in [-0.05, 0) is 24.0 Å². The van der Waals surface area contributed by atoms with Crippen molar-refractivity contribution in [3.05, 3.63) is 97.1 Å². The average Bonchev–Trinajstić information content (AvgIpc) is 3.26. The molecule has 0 radical (unpaired) electrons. The number of hydrogen-bond acceptors (Lipinski definition) is 1. The summed E-state index contributed by atoms with van der Waals surface area (Å²) in [5.74, 6) is 0. The van der Waals surface area contributed by atoms with E-state index < -0.39 is 11.2 Å². The van der Waals surface area contributed by atoms with Crippen molar-refractivity contribution in [2.24, 2.45) is 0 Å². The Bertz CT molecular complexity index is 1090. The molecule has 0 saturated heterocycles.